The maximum absolute atomic E-state index is 14.1. The molecule has 0 unspecified atom stereocenters. The maximum atomic E-state index is 14.1. The van der Waals surface area contributed by atoms with Crippen molar-refractivity contribution in [1.82, 2.24) is 24.7 Å². The fourth-order valence-corrected chi connectivity index (χ4v) is 3.09. The average molecular weight is 409 g/mol. The molecule has 9 heteroatoms. The Morgan fingerprint density at radius 2 is 2.00 bits per heavy atom. The number of fused-ring (bicyclic) bond motifs is 1. The molecule has 0 radical (unpaired) electrons. The summed E-state index contributed by atoms with van der Waals surface area (Å²) in [6.07, 6.45) is 2.83. The van der Waals surface area contributed by atoms with Crippen LogP contribution >= 0.6 is 0 Å². The highest BCUT2D eigenvalue weighted by Crippen LogP contribution is 2.26. The zero-order valence-corrected chi connectivity index (χ0v) is 16.0. The Morgan fingerprint density at radius 1 is 1.17 bits per heavy atom. The molecule has 0 spiro atoms. The molecule has 0 aliphatic carbocycles. The van der Waals surface area contributed by atoms with Crippen molar-refractivity contribution in [3.8, 4) is 11.5 Å². The minimum atomic E-state index is -0.963. The van der Waals surface area contributed by atoms with Gasteiger partial charge in [0, 0.05) is 18.0 Å². The van der Waals surface area contributed by atoms with E-state index in [4.69, 9.17) is 4.74 Å². The molecule has 152 valence electrons. The number of ether oxygens (including phenoxy) is 1. The summed E-state index contributed by atoms with van der Waals surface area (Å²) in [7, 11) is 0. The standard InChI is InChI=1S/C21H17F2N5O2/c1-2-30-21(29)15-11-25-19(26-17(15)10-22)18-14-7-5-9-24-20(14)28(27-18)12-13-6-3-4-8-16(13)23/h3-9,11H,2,10,12H2,1H3. The van der Waals surface area contributed by atoms with E-state index in [0.717, 1.165) is 0 Å². The lowest BCUT2D eigenvalue weighted by atomic mass is 10.2. The Kier molecular flexibility index (Phi) is 5.42. The van der Waals surface area contributed by atoms with Crippen molar-refractivity contribution in [2.24, 2.45) is 0 Å². The smallest absolute Gasteiger partial charge is 0.341 e. The largest absolute Gasteiger partial charge is 0.462 e. The zero-order valence-electron chi connectivity index (χ0n) is 16.0. The number of hydrogen-bond donors (Lipinski definition) is 0. The second kappa shape index (κ2) is 8.32. The van der Waals surface area contributed by atoms with Crippen LogP contribution in [-0.4, -0.2) is 37.3 Å². The number of pyridine rings is 1. The Labute approximate surface area is 170 Å². The summed E-state index contributed by atoms with van der Waals surface area (Å²) in [6, 6.07) is 9.89. The molecule has 3 heterocycles. The normalized spacial score (nSPS) is 11.0. The predicted octanol–water partition coefficient (Wildman–Crippen LogP) is 3.72. The number of esters is 1. The number of halogens is 2. The summed E-state index contributed by atoms with van der Waals surface area (Å²) in [6.45, 7) is 1.000. The second-order valence-corrected chi connectivity index (χ2v) is 6.38. The van der Waals surface area contributed by atoms with E-state index < -0.39 is 12.6 Å². The number of nitrogens with zero attached hydrogens (tertiary/aromatic N) is 5. The molecule has 0 bridgehead atoms. The van der Waals surface area contributed by atoms with Crippen LogP contribution in [0.4, 0.5) is 8.78 Å². The molecule has 0 aliphatic rings. The van der Waals surface area contributed by atoms with Gasteiger partial charge < -0.3 is 4.74 Å². The fourth-order valence-electron chi connectivity index (χ4n) is 3.09. The van der Waals surface area contributed by atoms with Gasteiger partial charge in [-0.05, 0) is 25.1 Å². The summed E-state index contributed by atoms with van der Waals surface area (Å²) in [5, 5.41) is 5.13. The van der Waals surface area contributed by atoms with Gasteiger partial charge in [-0.25, -0.2) is 33.2 Å². The highest BCUT2D eigenvalue weighted by atomic mass is 19.1. The van der Waals surface area contributed by atoms with Crippen LogP contribution in [0.1, 0.15) is 28.5 Å². The third kappa shape index (κ3) is 3.61. The highest BCUT2D eigenvalue weighted by Gasteiger charge is 2.20. The Balaban J connectivity index is 1.80. The minimum absolute atomic E-state index is 0.0312. The van der Waals surface area contributed by atoms with Crippen molar-refractivity contribution in [3.63, 3.8) is 0 Å². The van der Waals surface area contributed by atoms with E-state index in [1.165, 1.54) is 12.3 Å². The quantitative estimate of drug-likeness (QED) is 0.452. The first-order valence-corrected chi connectivity index (χ1v) is 9.26. The monoisotopic (exact) mass is 409 g/mol. The highest BCUT2D eigenvalue weighted by molar-refractivity contribution is 5.92. The topological polar surface area (TPSA) is 82.8 Å². The third-order valence-corrected chi connectivity index (χ3v) is 4.49. The van der Waals surface area contributed by atoms with Gasteiger partial charge in [-0.1, -0.05) is 18.2 Å². The molecular weight excluding hydrogens is 392 g/mol. The van der Waals surface area contributed by atoms with Gasteiger partial charge >= 0.3 is 5.97 Å². The van der Waals surface area contributed by atoms with Crippen LogP contribution in [-0.2, 0) is 18.0 Å². The first kappa shape index (κ1) is 19.6. The summed E-state index contributed by atoms with van der Waals surface area (Å²) in [5.41, 5.74) is 1.20. The van der Waals surface area contributed by atoms with Crippen molar-refractivity contribution in [3.05, 3.63) is 71.4 Å². The summed E-state index contributed by atoms with van der Waals surface area (Å²) in [5.74, 6) is -0.900. The Hall–Kier alpha value is -3.75. The molecule has 3 aromatic heterocycles. The Bertz CT molecular complexity index is 1230. The van der Waals surface area contributed by atoms with E-state index >= 15 is 0 Å². The van der Waals surface area contributed by atoms with E-state index in [0.29, 0.717) is 22.3 Å². The van der Waals surface area contributed by atoms with E-state index in [-0.39, 0.29) is 36.1 Å². The van der Waals surface area contributed by atoms with Gasteiger partial charge in [-0.2, -0.15) is 5.10 Å². The van der Waals surface area contributed by atoms with E-state index in [1.807, 2.05) is 0 Å². The maximum Gasteiger partial charge on any atom is 0.341 e. The van der Waals surface area contributed by atoms with Crippen molar-refractivity contribution < 1.29 is 18.3 Å². The molecule has 1 aromatic carbocycles. The van der Waals surface area contributed by atoms with Crippen LogP contribution in [0.2, 0.25) is 0 Å². The number of aromatic nitrogens is 5. The molecule has 4 rings (SSSR count). The molecule has 0 atom stereocenters. The van der Waals surface area contributed by atoms with Crippen molar-refractivity contribution >= 4 is 17.0 Å². The number of rotatable bonds is 6. The molecule has 0 amide bonds. The number of benzene rings is 1. The predicted molar refractivity (Wildman–Crippen MR) is 105 cm³/mol. The second-order valence-electron chi connectivity index (χ2n) is 6.38. The van der Waals surface area contributed by atoms with Gasteiger partial charge in [0.1, 0.15) is 23.7 Å². The van der Waals surface area contributed by atoms with E-state index in [1.54, 1.807) is 48.1 Å². The first-order chi connectivity index (χ1) is 14.6. The van der Waals surface area contributed by atoms with Crippen molar-refractivity contribution in [1.29, 1.82) is 0 Å². The van der Waals surface area contributed by atoms with E-state index in [9.17, 15) is 13.6 Å². The SMILES string of the molecule is CCOC(=O)c1cnc(-c2nn(Cc3ccccc3F)c3ncccc23)nc1CF. The van der Waals surface area contributed by atoms with Crippen molar-refractivity contribution in [2.75, 3.05) is 6.61 Å². The molecule has 0 N–H and O–H groups in total. The summed E-state index contributed by atoms with van der Waals surface area (Å²) >= 11 is 0. The van der Waals surface area contributed by atoms with Crippen LogP contribution in [0.3, 0.4) is 0 Å². The van der Waals surface area contributed by atoms with Gasteiger partial charge in [0.15, 0.2) is 11.5 Å². The number of carbonyl (C=O) groups excluding carboxylic acids is 1. The minimum Gasteiger partial charge on any atom is -0.462 e. The lowest BCUT2D eigenvalue weighted by molar-refractivity contribution is 0.0523. The summed E-state index contributed by atoms with van der Waals surface area (Å²) in [4.78, 5) is 24.7. The molecule has 0 saturated heterocycles. The molecule has 0 saturated carbocycles. The molecular formula is C21H17F2N5O2. The third-order valence-electron chi connectivity index (χ3n) is 4.49. The average Bonchev–Trinajstić information content (AvgIpc) is 3.13. The van der Waals surface area contributed by atoms with Crippen LogP contribution in [0, 0.1) is 5.82 Å². The number of hydrogen-bond acceptors (Lipinski definition) is 6. The molecule has 4 aromatic rings. The number of alkyl halides is 1. The van der Waals surface area contributed by atoms with Crippen LogP contribution < -0.4 is 0 Å². The molecule has 0 fully saturated rings. The van der Waals surface area contributed by atoms with Gasteiger partial charge in [0.05, 0.1) is 24.2 Å². The lowest BCUT2D eigenvalue weighted by Gasteiger charge is -2.06. The molecule has 30 heavy (non-hydrogen) atoms. The van der Waals surface area contributed by atoms with E-state index in [2.05, 4.69) is 20.1 Å². The lowest BCUT2D eigenvalue weighted by Crippen LogP contribution is -2.11. The molecule has 7 nitrogen and oxygen atoms in total. The number of carbonyl (C=O) groups is 1. The van der Waals surface area contributed by atoms with Gasteiger partial charge in [-0.15, -0.1) is 0 Å². The first-order valence-electron chi connectivity index (χ1n) is 9.26. The Morgan fingerprint density at radius 3 is 2.77 bits per heavy atom. The van der Waals surface area contributed by atoms with Gasteiger partial charge in [-0.3, -0.25) is 0 Å². The zero-order chi connectivity index (χ0) is 21.1. The summed E-state index contributed by atoms with van der Waals surface area (Å²) < 4.78 is 34.1. The molecule has 0 aliphatic heterocycles. The van der Waals surface area contributed by atoms with Crippen LogP contribution in [0.25, 0.3) is 22.6 Å². The van der Waals surface area contributed by atoms with Gasteiger partial charge in [0.2, 0.25) is 0 Å². The van der Waals surface area contributed by atoms with Crippen LogP contribution in [0.15, 0.2) is 48.8 Å². The van der Waals surface area contributed by atoms with Crippen LogP contribution in [0.5, 0.6) is 0 Å². The van der Waals surface area contributed by atoms with Gasteiger partial charge in [0.25, 0.3) is 0 Å². The fraction of sp³-hybridized carbons (Fsp3) is 0.190. The van der Waals surface area contributed by atoms with Crippen molar-refractivity contribution in [2.45, 2.75) is 20.1 Å².